The predicted molar refractivity (Wildman–Crippen MR) is 105 cm³/mol. The second kappa shape index (κ2) is 6.32. The fraction of sp³-hybridized carbons (Fsp3) is 0. The Kier molecular flexibility index (Phi) is 4.02. The van der Waals surface area contributed by atoms with Gasteiger partial charge in [-0.2, -0.15) is 0 Å². The second-order valence-electron chi connectivity index (χ2n) is 5.59. The van der Waals surface area contributed by atoms with Gasteiger partial charge in [-0.05, 0) is 70.1 Å². The first-order valence-electron chi connectivity index (χ1n) is 7.62. The summed E-state index contributed by atoms with van der Waals surface area (Å²) in [5.74, 6) is -0.244. The fourth-order valence-electron chi connectivity index (χ4n) is 2.78. The summed E-state index contributed by atoms with van der Waals surface area (Å²) in [6.45, 7) is 0. The van der Waals surface area contributed by atoms with Crippen LogP contribution in [0.1, 0.15) is 0 Å². The molecule has 0 amide bonds. The molecule has 0 saturated carbocycles. The smallest absolute Gasteiger partial charge is 0.123 e. The van der Waals surface area contributed by atoms with E-state index < -0.39 is 0 Å². The van der Waals surface area contributed by atoms with Gasteiger partial charge in [-0.25, -0.2) is 9.37 Å². The predicted octanol–water partition coefficient (Wildman–Crippen LogP) is 6.31. The zero-order valence-electron chi connectivity index (χ0n) is 12.7. The van der Waals surface area contributed by atoms with Crippen LogP contribution in [0.4, 0.5) is 4.39 Å². The SMILES string of the molecule is Fc1ccc(I)c(-c2ccc3cc(-c4ccccc4)ccc3n2)c1. The van der Waals surface area contributed by atoms with E-state index in [-0.39, 0.29) is 5.82 Å². The van der Waals surface area contributed by atoms with Crippen molar-refractivity contribution in [3.8, 4) is 22.4 Å². The summed E-state index contributed by atoms with van der Waals surface area (Å²) in [4.78, 5) is 4.71. The Bertz CT molecular complexity index is 1030. The van der Waals surface area contributed by atoms with Gasteiger partial charge in [-0.15, -0.1) is 0 Å². The van der Waals surface area contributed by atoms with E-state index in [4.69, 9.17) is 4.98 Å². The van der Waals surface area contributed by atoms with Crippen LogP contribution in [0.15, 0.2) is 78.9 Å². The van der Waals surface area contributed by atoms with Crippen LogP contribution in [0, 0.1) is 9.39 Å². The highest BCUT2D eigenvalue weighted by molar-refractivity contribution is 14.1. The number of hydrogen-bond acceptors (Lipinski definition) is 1. The van der Waals surface area contributed by atoms with Gasteiger partial charge in [-0.1, -0.05) is 42.5 Å². The summed E-state index contributed by atoms with van der Waals surface area (Å²) >= 11 is 2.21. The zero-order chi connectivity index (χ0) is 16.5. The van der Waals surface area contributed by atoms with E-state index >= 15 is 0 Å². The molecule has 0 saturated heterocycles. The Morgan fingerprint density at radius 2 is 1.58 bits per heavy atom. The van der Waals surface area contributed by atoms with Crippen LogP contribution in [0.2, 0.25) is 0 Å². The van der Waals surface area contributed by atoms with Crippen molar-refractivity contribution in [3.63, 3.8) is 0 Å². The van der Waals surface area contributed by atoms with E-state index in [0.29, 0.717) is 0 Å². The third kappa shape index (κ3) is 2.91. The van der Waals surface area contributed by atoms with Gasteiger partial charge in [-0.3, -0.25) is 0 Å². The summed E-state index contributed by atoms with van der Waals surface area (Å²) in [5.41, 5.74) is 4.87. The number of halogens is 2. The average molecular weight is 425 g/mol. The molecule has 1 nitrogen and oxygen atoms in total. The number of benzene rings is 3. The molecule has 3 aromatic carbocycles. The van der Waals surface area contributed by atoms with Crippen molar-refractivity contribution in [3.05, 3.63) is 88.3 Å². The van der Waals surface area contributed by atoms with Gasteiger partial charge in [0.2, 0.25) is 0 Å². The van der Waals surface area contributed by atoms with Crippen molar-refractivity contribution < 1.29 is 4.39 Å². The molecule has 0 fully saturated rings. The van der Waals surface area contributed by atoms with Gasteiger partial charge in [0.15, 0.2) is 0 Å². The number of fused-ring (bicyclic) bond motifs is 1. The molecule has 0 aliphatic carbocycles. The first kappa shape index (κ1) is 15.3. The molecule has 116 valence electrons. The van der Waals surface area contributed by atoms with Crippen molar-refractivity contribution in [1.82, 2.24) is 4.98 Å². The third-order valence-corrected chi connectivity index (χ3v) is 4.94. The molecule has 0 bridgehead atoms. The van der Waals surface area contributed by atoms with Gasteiger partial charge in [0, 0.05) is 14.5 Å². The standard InChI is InChI=1S/C21H13FIN/c22-17-8-9-19(23)18(13-17)21-11-7-16-12-15(6-10-20(16)24-21)14-4-2-1-3-5-14/h1-13H. The van der Waals surface area contributed by atoms with Crippen LogP contribution in [-0.2, 0) is 0 Å². The summed E-state index contributed by atoms with van der Waals surface area (Å²) in [7, 11) is 0. The number of aromatic nitrogens is 1. The van der Waals surface area contributed by atoms with Gasteiger partial charge in [0.1, 0.15) is 5.82 Å². The molecule has 0 aliphatic rings. The highest BCUT2D eigenvalue weighted by atomic mass is 127. The van der Waals surface area contributed by atoms with Gasteiger partial charge < -0.3 is 0 Å². The van der Waals surface area contributed by atoms with Crippen LogP contribution < -0.4 is 0 Å². The lowest BCUT2D eigenvalue weighted by Crippen LogP contribution is -1.90. The van der Waals surface area contributed by atoms with Gasteiger partial charge >= 0.3 is 0 Å². The lowest BCUT2D eigenvalue weighted by molar-refractivity contribution is 0.628. The number of pyridine rings is 1. The largest absolute Gasteiger partial charge is 0.248 e. The molecule has 1 heterocycles. The quantitative estimate of drug-likeness (QED) is 0.343. The maximum absolute atomic E-state index is 13.6. The van der Waals surface area contributed by atoms with E-state index in [1.165, 1.54) is 17.7 Å². The number of nitrogens with zero attached hydrogens (tertiary/aromatic N) is 1. The lowest BCUT2D eigenvalue weighted by atomic mass is 10.0. The fourth-order valence-corrected chi connectivity index (χ4v) is 3.39. The van der Waals surface area contributed by atoms with Crippen molar-refractivity contribution in [1.29, 1.82) is 0 Å². The Labute approximate surface area is 153 Å². The number of rotatable bonds is 2. The minimum Gasteiger partial charge on any atom is -0.248 e. The maximum Gasteiger partial charge on any atom is 0.123 e. The summed E-state index contributed by atoms with van der Waals surface area (Å²) < 4.78 is 14.5. The molecule has 0 unspecified atom stereocenters. The molecule has 0 spiro atoms. The molecular formula is C21H13FIN. The summed E-state index contributed by atoms with van der Waals surface area (Å²) in [6, 6.07) is 25.3. The maximum atomic E-state index is 13.6. The van der Waals surface area contributed by atoms with Crippen LogP contribution in [0.5, 0.6) is 0 Å². The first-order valence-corrected chi connectivity index (χ1v) is 8.70. The van der Waals surface area contributed by atoms with Crippen LogP contribution in [0.3, 0.4) is 0 Å². The normalized spacial score (nSPS) is 10.9. The molecule has 1 aromatic heterocycles. The molecule has 4 aromatic rings. The molecule has 4 rings (SSSR count). The number of hydrogen-bond donors (Lipinski definition) is 0. The van der Waals surface area contributed by atoms with Crippen molar-refractivity contribution in [2.45, 2.75) is 0 Å². The highest BCUT2D eigenvalue weighted by Gasteiger charge is 2.08. The van der Waals surface area contributed by atoms with Gasteiger partial charge in [0.25, 0.3) is 0 Å². The average Bonchev–Trinajstić information content (AvgIpc) is 2.63. The molecule has 0 atom stereocenters. The van der Waals surface area contributed by atoms with E-state index in [1.54, 1.807) is 6.07 Å². The lowest BCUT2D eigenvalue weighted by Gasteiger charge is -2.08. The second-order valence-corrected chi connectivity index (χ2v) is 6.76. The molecule has 0 radical (unpaired) electrons. The first-order chi connectivity index (χ1) is 11.7. The third-order valence-electron chi connectivity index (χ3n) is 4.00. The van der Waals surface area contributed by atoms with Gasteiger partial charge in [0.05, 0.1) is 11.2 Å². The summed E-state index contributed by atoms with van der Waals surface area (Å²) in [5, 5.41) is 1.08. The van der Waals surface area contributed by atoms with Crippen molar-refractivity contribution in [2.75, 3.05) is 0 Å². The monoisotopic (exact) mass is 425 g/mol. The molecule has 0 N–H and O–H groups in total. The van der Waals surface area contributed by atoms with E-state index in [2.05, 4.69) is 46.9 Å². The molecule has 0 aliphatic heterocycles. The van der Waals surface area contributed by atoms with E-state index in [0.717, 1.165) is 31.3 Å². The summed E-state index contributed by atoms with van der Waals surface area (Å²) in [6.07, 6.45) is 0. The van der Waals surface area contributed by atoms with Crippen LogP contribution >= 0.6 is 22.6 Å². The minimum absolute atomic E-state index is 0.244. The zero-order valence-corrected chi connectivity index (χ0v) is 14.9. The van der Waals surface area contributed by atoms with Crippen molar-refractivity contribution in [2.24, 2.45) is 0 Å². The minimum atomic E-state index is -0.244. The van der Waals surface area contributed by atoms with Crippen LogP contribution in [-0.4, -0.2) is 4.98 Å². The van der Waals surface area contributed by atoms with E-state index in [9.17, 15) is 4.39 Å². The topological polar surface area (TPSA) is 12.9 Å². The molecule has 24 heavy (non-hydrogen) atoms. The Morgan fingerprint density at radius 3 is 2.42 bits per heavy atom. The van der Waals surface area contributed by atoms with Crippen LogP contribution in [0.25, 0.3) is 33.3 Å². The molecule has 3 heteroatoms. The molecular weight excluding hydrogens is 412 g/mol. The Morgan fingerprint density at radius 1 is 0.750 bits per heavy atom. The highest BCUT2D eigenvalue weighted by Crippen LogP contribution is 2.28. The van der Waals surface area contributed by atoms with Crippen molar-refractivity contribution >= 4 is 33.5 Å². The Hall–Kier alpha value is -2.27. The Balaban J connectivity index is 1.81. The van der Waals surface area contributed by atoms with E-state index in [1.807, 2.05) is 36.4 Å².